The molecule has 1 N–H and O–H groups in total. The number of aliphatic hydroxyl groups is 1. The fourth-order valence-electron chi connectivity index (χ4n) is 3.91. The Hall–Kier alpha value is -1.68. The first-order valence-electron chi connectivity index (χ1n) is 8.54. The van der Waals surface area contributed by atoms with Gasteiger partial charge in [0, 0.05) is 25.1 Å². The Bertz CT molecular complexity index is 710. The summed E-state index contributed by atoms with van der Waals surface area (Å²) in [5.41, 5.74) is 5.89. The van der Waals surface area contributed by atoms with Crippen molar-refractivity contribution in [2.24, 2.45) is 0 Å². The first-order valence-corrected chi connectivity index (χ1v) is 8.54. The highest BCUT2D eigenvalue weighted by atomic mass is 16.2. The Kier molecular flexibility index (Phi) is 3.70. The molecule has 4 heteroatoms. The topological polar surface area (TPSA) is 50.4 Å². The number of rotatable bonds is 4. The zero-order chi connectivity index (χ0) is 14.9. The molecule has 0 saturated heterocycles. The molecule has 1 saturated carbocycles. The van der Waals surface area contributed by atoms with E-state index in [1.807, 2.05) is 6.20 Å². The zero-order valence-corrected chi connectivity index (χ0v) is 13.0. The van der Waals surface area contributed by atoms with Crippen LogP contribution in [0.3, 0.4) is 0 Å². The molecule has 0 radical (unpaired) electrons. The van der Waals surface area contributed by atoms with E-state index in [2.05, 4.69) is 21.7 Å². The lowest BCUT2D eigenvalue weighted by atomic mass is 9.87. The van der Waals surface area contributed by atoms with Crippen LogP contribution in [0.15, 0.2) is 18.5 Å². The van der Waals surface area contributed by atoms with Gasteiger partial charge in [0.05, 0.1) is 23.3 Å². The number of aliphatic hydroxyl groups excluding tert-OH is 1. The van der Waals surface area contributed by atoms with Gasteiger partial charge in [-0.05, 0) is 31.3 Å². The summed E-state index contributed by atoms with van der Waals surface area (Å²) in [6.07, 6.45) is 15.6. The fraction of sp³-hybridized carbons (Fsp3) is 0.556. The third kappa shape index (κ3) is 2.35. The van der Waals surface area contributed by atoms with Gasteiger partial charge in [0.2, 0.25) is 0 Å². The highest BCUT2D eigenvalue weighted by molar-refractivity contribution is 5.71. The zero-order valence-electron chi connectivity index (χ0n) is 13.0. The van der Waals surface area contributed by atoms with E-state index in [0.717, 1.165) is 30.6 Å². The van der Waals surface area contributed by atoms with Crippen molar-refractivity contribution < 1.29 is 5.11 Å². The number of aromatic nitrogens is 3. The third-order valence-corrected chi connectivity index (χ3v) is 5.08. The molecule has 22 heavy (non-hydrogen) atoms. The van der Waals surface area contributed by atoms with Gasteiger partial charge in [0.1, 0.15) is 0 Å². The predicted octanol–water partition coefficient (Wildman–Crippen LogP) is 3.49. The first-order chi connectivity index (χ1) is 10.9. The van der Waals surface area contributed by atoms with Crippen LogP contribution in [0.25, 0.3) is 11.2 Å². The molecule has 0 amide bonds. The summed E-state index contributed by atoms with van der Waals surface area (Å²) in [5, 5.41) is 9.10. The molecule has 1 fully saturated rings. The Labute approximate surface area is 130 Å². The van der Waals surface area contributed by atoms with Crippen LogP contribution >= 0.6 is 0 Å². The minimum absolute atomic E-state index is 0.243. The molecule has 116 valence electrons. The van der Waals surface area contributed by atoms with Gasteiger partial charge in [-0.15, -0.1) is 0 Å². The van der Waals surface area contributed by atoms with Crippen LogP contribution < -0.4 is 0 Å². The van der Waals surface area contributed by atoms with Gasteiger partial charge in [-0.2, -0.15) is 0 Å². The quantitative estimate of drug-likeness (QED) is 0.940. The minimum atomic E-state index is 0.243. The molecule has 0 atom stereocenters. The van der Waals surface area contributed by atoms with Crippen LogP contribution in [-0.2, 0) is 6.42 Å². The summed E-state index contributed by atoms with van der Waals surface area (Å²) >= 11 is 0. The standard InChI is InChI=1S/C18H23N3O/c22-10-4-7-14-8-9-15-18(14)21-12-16(20-17(21)11-19-15)13-5-2-1-3-6-13/h8,11-13,22H,1-7,9-10H2. The van der Waals surface area contributed by atoms with Gasteiger partial charge >= 0.3 is 0 Å². The number of imidazole rings is 1. The van der Waals surface area contributed by atoms with Crippen molar-refractivity contribution >= 4 is 11.2 Å². The van der Waals surface area contributed by atoms with Gasteiger partial charge in [-0.25, -0.2) is 4.98 Å². The molecular weight excluding hydrogens is 274 g/mol. The highest BCUT2D eigenvalue weighted by Crippen LogP contribution is 2.34. The second kappa shape index (κ2) is 5.84. The largest absolute Gasteiger partial charge is 0.396 e. The summed E-state index contributed by atoms with van der Waals surface area (Å²) in [6.45, 7) is 0.243. The van der Waals surface area contributed by atoms with Crippen molar-refractivity contribution in [3.05, 3.63) is 35.6 Å². The monoisotopic (exact) mass is 297 g/mol. The van der Waals surface area contributed by atoms with Crippen LogP contribution in [-0.4, -0.2) is 26.1 Å². The van der Waals surface area contributed by atoms with E-state index in [4.69, 9.17) is 10.1 Å². The molecule has 0 aliphatic heterocycles. The van der Waals surface area contributed by atoms with Crippen molar-refractivity contribution in [3.63, 3.8) is 0 Å². The van der Waals surface area contributed by atoms with Gasteiger partial charge in [0.25, 0.3) is 0 Å². The molecule has 0 bridgehead atoms. The van der Waals surface area contributed by atoms with E-state index in [1.165, 1.54) is 49.1 Å². The Morgan fingerprint density at radius 3 is 2.91 bits per heavy atom. The molecule has 2 aromatic rings. The summed E-state index contributed by atoms with van der Waals surface area (Å²) in [6, 6.07) is 0. The van der Waals surface area contributed by atoms with Crippen LogP contribution in [0.2, 0.25) is 0 Å². The normalized spacial score (nSPS) is 18.7. The predicted molar refractivity (Wildman–Crippen MR) is 86.8 cm³/mol. The van der Waals surface area contributed by atoms with Gasteiger partial charge in [-0.3, -0.25) is 9.38 Å². The van der Waals surface area contributed by atoms with Crippen molar-refractivity contribution in [2.45, 2.75) is 57.3 Å². The van der Waals surface area contributed by atoms with Gasteiger partial charge in [-0.1, -0.05) is 25.3 Å². The minimum Gasteiger partial charge on any atom is -0.396 e. The number of allylic oxidation sites excluding steroid dienone is 2. The number of nitrogens with zero attached hydrogens (tertiary/aromatic N) is 3. The number of fused-ring (bicyclic) bond motifs is 3. The summed E-state index contributed by atoms with van der Waals surface area (Å²) in [5.74, 6) is 0.621. The van der Waals surface area contributed by atoms with E-state index < -0.39 is 0 Å². The molecule has 4 nitrogen and oxygen atoms in total. The number of hydrogen-bond acceptors (Lipinski definition) is 3. The van der Waals surface area contributed by atoms with Crippen molar-refractivity contribution in [2.75, 3.05) is 6.61 Å². The summed E-state index contributed by atoms with van der Waals surface area (Å²) in [7, 11) is 0. The SMILES string of the molecule is OCCCC1=CCc2ncc3nc(C4CCCCC4)cn3c21. The Morgan fingerprint density at radius 1 is 1.23 bits per heavy atom. The fourth-order valence-corrected chi connectivity index (χ4v) is 3.91. The Morgan fingerprint density at radius 2 is 2.09 bits per heavy atom. The van der Waals surface area contributed by atoms with Crippen LogP contribution in [0.5, 0.6) is 0 Å². The smallest absolute Gasteiger partial charge is 0.156 e. The van der Waals surface area contributed by atoms with Crippen LogP contribution in [0.1, 0.15) is 67.9 Å². The first kappa shape index (κ1) is 13.9. The molecule has 0 unspecified atom stereocenters. The van der Waals surface area contributed by atoms with E-state index in [9.17, 15) is 0 Å². The molecule has 4 rings (SSSR count). The van der Waals surface area contributed by atoms with Crippen LogP contribution in [0, 0.1) is 0 Å². The lowest BCUT2D eigenvalue weighted by Gasteiger charge is -2.19. The summed E-state index contributed by atoms with van der Waals surface area (Å²) in [4.78, 5) is 9.46. The van der Waals surface area contributed by atoms with Gasteiger partial charge < -0.3 is 5.11 Å². The lowest BCUT2D eigenvalue weighted by Crippen LogP contribution is -2.04. The van der Waals surface area contributed by atoms with E-state index in [1.54, 1.807) is 0 Å². The molecule has 2 heterocycles. The summed E-state index contributed by atoms with van der Waals surface area (Å²) < 4.78 is 2.24. The van der Waals surface area contributed by atoms with E-state index in [-0.39, 0.29) is 6.61 Å². The number of hydrogen-bond donors (Lipinski definition) is 1. The maximum atomic E-state index is 9.10. The van der Waals surface area contributed by atoms with Crippen molar-refractivity contribution in [1.29, 1.82) is 0 Å². The van der Waals surface area contributed by atoms with E-state index >= 15 is 0 Å². The molecule has 0 aromatic carbocycles. The average Bonchev–Trinajstić information content (AvgIpc) is 3.17. The molecule has 2 aliphatic rings. The Balaban J connectivity index is 1.72. The molecule has 2 aromatic heterocycles. The molecule has 2 aliphatic carbocycles. The second-order valence-electron chi connectivity index (χ2n) is 6.54. The second-order valence-corrected chi connectivity index (χ2v) is 6.54. The van der Waals surface area contributed by atoms with Crippen LogP contribution in [0.4, 0.5) is 0 Å². The maximum Gasteiger partial charge on any atom is 0.156 e. The van der Waals surface area contributed by atoms with E-state index in [0.29, 0.717) is 5.92 Å². The highest BCUT2D eigenvalue weighted by Gasteiger charge is 2.22. The maximum absolute atomic E-state index is 9.10. The van der Waals surface area contributed by atoms with Crippen molar-refractivity contribution in [3.8, 4) is 0 Å². The molecule has 0 spiro atoms. The van der Waals surface area contributed by atoms with Gasteiger partial charge in [0.15, 0.2) is 5.65 Å². The molecular formula is C18H23N3O. The third-order valence-electron chi connectivity index (χ3n) is 5.08. The average molecular weight is 297 g/mol. The van der Waals surface area contributed by atoms with Crippen molar-refractivity contribution in [1.82, 2.24) is 14.4 Å². The lowest BCUT2D eigenvalue weighted by molar-refractivity contribution is 0.290.